The second-order valence-corrected chi connectivity index (χ2v) is 6.11. The predicted molar refractivity (Wildman–Crippen MR) is 69.4 cm³/mol. The highest BCUT2D eigenvalue weighted by Crippen LogP contribution is 2.25. The van der Waals surface area contributed by atoms with Crippen molar-refractivity contribution in [3.8, 4) is 0 Å². The molecule has 1 aliphatic rings. The van der Waals surface area contributed by atoms with E-state index in [9.17, 15) is 4.79 Å². The lowest BCUT2D eigenvalue weighted by molar-refractivity contribution is -0.127. The van der Waals surface area contributed by atoms with Crippen LogP contribution >= 0.6 is 27.3 Å². The highest BCUT2D eigenvalue weighted by Gasteiger charge is 2.31. The van der Waals surface area contributed by atoms with Crippen molar-refractivity contribution in [1.82, 2.24) is 5.32 Å². The van der Waals surface area contributed by atoms with Gasteiger partial charge in [0, 0.05) is 33.2 Å². The number of carbonyl (C=O) groups is 1. The van der Waals surface area contributed by atoms with Gasteiger partial charge >= 0.3 is 0 Å². The molecule has 0 saturated heterocycles. The molecule has 16 heavy (non-hydrogen) atoms. The van der Waals surface area contributed by atoms with Gasteiger partial charge in [-0.2, -0.15) is 0 Å². The van der Waals surface area contributed by atoms with Gasteiger partial charge < -0.3 is 11.1 Å². The Morgan fingerprint density at radius 2 is 2.38 bits per heavy atom. The van der Waals surface area contributed by atoms with Crippen molar-refractivity contribution in [2.75, 3.05) is 6.54 Å². The summed E-state index contributed by atoms with van der Waals surface area (Å²) in [6.07, 6.45) is 2.59. The van der Waals surface area contributed by atoms with Crippen LogP contribution in [-0.4, -0.2) is 18.5 Å². The van der Waals surface area contributed by atoms with Gasteiger partial charge in [0.2, 0.25) is 5.91 Å². The molecule has 0 bridgehead atoms. The molecular weight excluding hydrogens is 288 g/mol. The molecule has 3 N–H and O–H groups in total. The van der Waals surface area contributed by atoms with Crippen LogP contribution in [-0.2, 0) is 11.2 Å². The van der Waals surface area contributed by atoms with E-state index in [2.05, 4.69) is 32.7 Å². The number of amides is 1. The van der Waals surface area contributed by atoms with Crippen LogP contribution in [0.2, 0.25) is 0 Å². The van der Waals surface area contributed by atoms with E-state index in [-0.39, 0.29) is 17.9 Å². The molecule has 0 unspecified atom stereocenters. The number of nitrogens with two attached hydrogens (primary N) is 1. The Labute approximate surface area is 108 Å². The summed E-state index contributed by atoms with van der Waals surface area (Å²) in [6.45, 7) is 0.720. The molecule has 1 aromatic heterocycles. The van der Waals surface area contributed by atoms with Crippen molar-refractivity contribution in [3.05, 3.63) is 20.8 Å². The standard InChI is InChI=1S/C11H15BrN2OS/c12-8-5-10(16-6-8)1-2-14-11(15)7-3-9(13)4-7/h5-7,9H,1-4,13H2,(H,14,15). The summed E-state index contributed by atoms with van der Waals surface area (Å²) in [7, 11) is 0. The second kappa shape index (κ2) is 5.29. The maximum atomic E-state index is 11.6. The third-order valence-electron chi connectivity index (χ3n) is 2.84. The SMILES string of the molecule is NC1CC(C(=O)NCCc2cc(Br)cs2)C1. The average Bonchev–Trinajstić information content (AvgIpc) is 2.59. The molecule has 0 atom stereocenters. The molecule has 0 aromatic carbocycles. The largest absolute Gasteiger partial charge is 0.355 e. The zero-order valence-corrected chi connectivity index (χ0v) is 11.3. The smallest absolute Gasteiger partial charge is 0.223 e. The summed E-state index contributed by atoms with van der Waals surface area (Å²) in [6, 6.07) is 2.33. The lowest BCUT2D eigenvalue weighted by atomic mass is 9.80. The Balaban J connectivity index is 1.66. The van der Waals surface area contributed by atoms with Crippen LogP contribution < -0.4 is 11.1 Å². The van der Waals surface area contributed by atoms with Crippen LogP contribution in [0.5, 0.6) is 0 Å². The van der Waals surface area contributed by atoms with Gasteiger partial charge in [-0.15, -0.1) is 11.3 Å². The molecule has 1 aliphatic carbocycles. The highest BCUT2D eigenvalue weighted by molar-refractivity contribution is 9.10. The molecular formula is C11H15BrN2OS. The molecule has 0 radical (unpaired) electrons. The average molecular weight is 303 g/mol. The topological polar surface area (TPSA) is 55.1 Å². The fourth-order valence-electron chi connectivity index (χ4n) is 1.81. The van der Waals surface area contributed by atoms with Gasteiger partial charge in [0.25, 0.3) is 0 Å². The number of nitrogens with one attached hydrogen (secondary N) is 1. The fraction of sp³-hybridized carbons (Fsp3) is 0.545. The molecule has 1 aromatic rings. The van der Waals surface area contributed by atoms with Gasteiger partial charge in [0.05, 0.1) is 0 Å². The van der Waals surface area contributed by atoms with Crippen molar-refractivity contribution in [2.45, 2.75) is 25.3 Å². The fourth-order valence-corrected chi connectivity index (χ4v) is 3.27. The number of thiophene rings is 1. The maximum absolute atomic E-state index is 11.6. The number of halogens is 1. The van der Waals surface area contributed by atoms with E-state index in [1.165, 1.54) is 4.88 Å². The van der Waals surface area contributed by atoms with Crippen LogP contribution in [0.25, 0.3) is 0 Å². The van der Waals surface area contributed by atoms with E-state index >= 15 is 0 Å². The van der Waals surface area contributed by atoms with Crippen molar-refractivity contribution in [3.63, 3.8) is 0 Å². The summed E-state index contributed by atoms with van der Waals surface area (Å²) < 4.78 is 1.11. The number of hydrogen-bond donors (Lipinski definition) is 2. The van der Waals surface area contributed by atoms with Crippen molar-refractivity contribution < 1.29 is 4.79 Å². The summed E-state index contributed by atoms with van der Waals surface area (Å²) in [4.78, 5) is 12.9. The van der Waals surface area contributed by atoms with E-state index in [1.807, 2.05) is 0 Å². The van der Waals surface area contributed by atoms with E-state index in [1.54, 1.807) is 11.3 Å². The zero-order chi connectivity index (χ0) is 11.5. The van der Waals surface area contributed by atoms with Crippen molar-refractivity contribution >= 4 is 33.2 Å². The monoisotopic (exact) mass is 302 g/mol. The lowest BCUT2D eigenvalue weighted by Gasteiger charge is -2.31. The Kier molecular flexibility index (Phi) is 4.00. The lowest BCUT2D eigenvalue weighted by Crippen LogP contribution is -2.45. The summed E-state index contributed by atoms with van der Waals surface area (Å²) >= 11 is 5.12. The Morgan fingerprint density at radius 3 is 2.94 bits per heavy atom. The first kappa shape index (κ1) is 12.1. The number of carbonyl (C=O) groups excluding carboxylic acids is 1. The predicted octanol–water partition coefficient (Wildman–Crippen LogP) is 1.91. The van der Waals surface area contributed by atoms with E-state index in [0.717, 1.165) is 30.3 Å². The Morgan fingerprint density at radius 1 is 1.62 bits per heavy atom. The first-order valence-corrected chi connectivity index (χ1v) is 7.08. The molecule has 5 heteroatoms. The first-order chi connectivity index (χ1) is 7.65. The van der Waals surface area contributed by atoms with Crippen molar-refractivity contribution in [1.29, 1.82) is 0 Å². The van der Waals surface area contributed by atoms with E-state index in [0.29, 0.717) is 0 Å². The Bertz CT molecular complexity index is 374. The van der Waals surface area contributed by atoms with Gasteiger partial charge in [0.15, 0.2) is 0 Å². The van der Waals surface area contributed by atoms with Gasteiger partial charge in [-0.1, -0.05) is 0 Å². The maximum Gasteiger partial charge on any atom is 0.223 e. The molecule has 0 spiro atoms. The summed E-state index contributed by atoms with van der Waals surface area (Å²) in [5, 5.41) is 5.02. The minimum Gasteiger partial charge on any atom is -0.355 e. The van der Waals surface area contributed by atoms with Gasteiger partial charge in [0.1, 0.15) is 0 Å². The van der Waals surface area contributed by atoms with E-state index < -0.39 is 0 Å². The number of rotatable bonds is 4. The molecule has 0 aliphatic heterocycles. The van der Waals surface area contributed by atoms with Crippen LogP contribution in [0.3, 0.4) is 0 Å². The zero-order valence-electron chi connectivity index (χ0n) is 8.91. The first-order valence-electron chi connectivity index (χ1n) is 5.41. The Hall–Kier alpha value is -0.390. The van der Waals surface area contributed by atoms with Crippen LogP contribution in [0.1, 0.15) is 17.7 Å². The second-order valence-electron chi connectivity index (χ2n) is 4.20. The van der Waals surface area contributed by atoms with E-state index in [4.69, 9.17) is 5.73 Å². The van der Waals surface area contributed by atoms with Crippen molar-refractivity contribution in [2.24, 2.45) is 11.7 Å². The van der Waals surface area contributed by atoms with Gasteiger partial charge in [-0.05, 0) is 41.3 Å². The van der Waals surface area contributed by atoms with Crippen LogP contribution in [0, 0.1) is 5.92 Å². The van der Waals surface area contributed by atoms with Crippen LogP contribution in [0.15, 0.2) is 15.9 Å². The highest BCUT2D eigenvalue weighted by atomic mass is 79.9. The number of hydrogen-bond acceptors (Lipinski definition) is 3. The molecule has 1 fully saturated rings. The molecule has 1 amide bonds. The quantitative estimate of drug-likeness (QED) is 0.892. The third kappa shape index (κ3) is 3.06. The third-order valence-corrected chi connectivity index (χ3v) is 4.60. The summed E-state index contributed by atoms with van der Waals surface area (Å²) in [5.74, 6) is 0.322. The normalized spacial score (nSPS) is 23.9. The summed E-state index contributed by atoms with van der Waals surface area (Å²) in [5.41, 5.74) is 5.65. The van der Waals surface area contributed by atoms with Crippen LogP contribution in [0.4, 0.5) is 0 Å². The minimum absolute atomic E-state index is 0.157. The molecule has 1 saturated carbocycles. The molecule has 88 valence electrons. The van der Waals surface area contributed by atoms with Gasteiger partial charge in [-0.3, -0.25) is 4.79 Å². The molecule has 2 rings (SSSR count). The minimum atomic E-state index is 0.157. The van der Waals surface area contributed by atoms with Gasteiger partial charge in [-0.25, -0.2) is 0 Å². The molecule has 3 nitrogen and oxygen atoms in total. The molecule has 1 heterocycles.